The Morgan fingerprint density at radius 2 is 2.00 bits per heavy atom. The number of nitrogens with zero attached hydrogens (tertiary/aromatic N) is 2. The summed E-state index contributed by atoms with van der Waals surface area (Å²) >= 11 is 0. The van der Waals surface area contributed by atoms with E-state index in [1.54, 1.807) is 4.90 Å². The number of carbonyl (C=O) groups is 2. The number of rotatable bonds is 3. The highest BCUT2D eigenvalue weighted by Gasteiger charge is 2.35. The van der Waals surface area contributed by atoms with Crippen molar-refractivity contribution in [2.45, 2.75) is 44.7 Å². The molecule has 0 aromatic heterocycles. The second-order valence-electron chi connectivity index (χ2n) is 5.20. The van der Waals surface area contributed by atoms with Crippen molar-refractivity contribution in [2.24, 2.45) is 0 Å². The van der Waals surface area contributed by atoms with Gasteiger partial charge in [-0.1, -0.05) is 6.92 Å². The number of aliphatic carboxylic acids is 1. The first-order valence-electron chi connectivity index (χ1n) is 7.00. The van der Waals surface area contributed by atoms with Gasteiger partial charge in [-0.15, -0.1) is 0 Å². The number of urea groups is 1. The molecule has 0 saturated carbocycles. The maximum Gasteiger partial charge on any atom is 0.320 e. The fourth-order valence-electron chi connectivity index (χ4n) is 2.95. The summed E-state index contributed by atoms with van der Waals surface area (Å²) in [5.41, 5.74) is 0. The van der Waals surface area contributed by atoms with E-state index in [0.29, 0.717) is 25.8 Å². The van der Waals surface area contributed by atoms with Gasteiger partial charge in [-0.3, -0.25) is 4.79 Å². The first kappa shape index (κ1) is 14.1. The third-order valence-corrected chi connectivity index (χ3v) is 3.98. The van der Waals surface area contributed by atoms with Crippen LogP contribution in [0.3, 0.4) is 0 Å². The number of hydrogen-bond donors (Lipinski definition) is 1. The predicted octanol–water partition coefficient (Wildman–Crippen LogP) is 1.16. The Labute approximate surface area is 113 Å². The largest absolute Gasteiger partial charge is 0.481 e. The van der Waals surface area contributed by atoms with Gasteiger partial charge in [-0.25, -0.2) is 4.79 Å². The molecule has 2 amide bonds. The Morgan fingerprint density at radius 1 is 1.26 bits per heavy atom. The van der Waals surface area contributed by atoms with Gasteiger partial charge in [0.2, 0.25) is 0 Å². The van der Waals surface area contributed by atoms with E-state index in [2.05, 4.69) is 6.92 Å². The van der Waals surface area contributed by atoms with Gasteiger partial charge in [-0.05, 0) is 19.3 Å². The highest BCUT2D eigenvalue weighted by molar-refractivity contribution is 5.77. The zero-order chi connectivity index (χ0) is 13.8. The smallest absolute Gasteiger partial charge is 0.320 e. The molecule has 108 valence electrons. The topological polar surface area (TPSA) is 70.1 Å². The van der Waals surface area contributed by atoms with Crippen LogP contribution in [0.2, 0.25) is 0 Å². The number of ether oxygens (including phenoxy) is 1. The van der Waals surface area contributed by atoms with Gasteiger partial charge in [0.15, 0.2) is 0 Å². The van der Waals surface area contributed by atoms with Crippen molar-refractivity contribution >= 4 is 12.0 Å². The van der Waals surface area contributed by atoms with Crippen molar-refractivity contribution in [1.29, 1.82) is 0 Å². The lowest BCUT2D eigenvalue weighted by molar-refractivity contribution is -0.139. The SMILES string of the molecule is CCC1CCCN1C(=O)N1CCOCC1CC(=O)O. The molecule has 2 saturated heterocycles. The molecule has 0 aliphatic carbocycles. The van der Waals surface area contributed by atoms with Crippen LogP contribution in [0.1, 0.15) is 32.6 Å². The van der Waals surface area contributed by atoms with E-state index in [0.717, 1.165) is 25.8 Å². The monoisotopic (exact) mass is 270 g/mol. The van der Waals surface area contributed by atoms with Crippen molar-refractivity contribution in [1.82, 2.24) is 9.80 Å². The van der Waals surface area contributed by atoms with E-state index in [1.807, 2.05) is 4.90 Å². The van der Waals surface area contributed by atoms with Gasteiger partial charge in [0.1, 0.15) is 0 Å². The van der Waals surface area contributed by atoms with E-state index >= 15 is 0 Å². The lowest BCUT2D eigenvalue weighted by atomic mass is 10.1. The van der Waals surface area contributed by atoms with Crippen molar-refractivity contribution in [3.8, 4) is 0 Å². The number of carboxylic acid groups (broad SMARTS) is 1. The number of morpholine rings is 1. The fourth-order valence-corrected chi connectivity index (χ4v) is 2.95. The summed E-state index contributed by atoms with van der Waals surface area (Å²) in [6, 6.07) is -0.0448. The molecule has 2 aliphatic rings. The molecule has 2 aliphatic heterocycles. The Kier molecular flexibility index (Phi) is 4.63. The maximum absolute atomic E-state index is 12.6. The van der Waals surface area contributed by atoms with Crippen LogP contribution in [0.5, 0.6) is 0 Å². The Hall–Kier alpha value is -1.30. The number of carboxylic acids is 1. The molecular formula is C13H22N2O4. The summed E-state index contributed by atoms with van der Waals surface area (Å²) in [5.74, 6) is -0.887. The first-order valence-corrected chi connectivity index (χ1v) is 7.00. The molecule has 6 nitrogen and oxygen atoms in total. The minimum Gasteiger partial charge on any atom is -0.481 e. The summed E-state index contributed by atoms with van der Waals surface area (Å²) in [6.07, 6.45) is 3.00. The first-order chi connectivity index (χ1) is 9.13. The van der Waals surface area contributed by atoms with Crippen molar-refractivity contribution < 1.29 is 19.4 Å². The quantitative estimate of drug-likeness (QED) is 0.835. The molecule has 1 N–H and O–H groups in total. The fraction of sp³-hybridized carbons (Fsp3) is 0.846. The summed E-state index contributed by atoms with van der Waals surface area (Å²) in [5, 5.41) is 8.92. The molecule has 0 radical (unpaired) electrons. The molecule has 2 atom stereocenters. The second kappa shape index (κ2) is 6.23. The van der Waals surface area contributed by atoms with Crippen LogP contribution in [-0.4, -0.2) is 65.3 Å². The highest BCUT2D eigenvalue weighted by Crippen LogP contribution is 2.23. The van der Waals surface area contributed by atoms with Crippen LogP contribution in [0.15, 0.2) is 0 Å². The van der Waals surface area contributed by atoms with Gasteiger partial charge < -0.3 is 19.6 Å². The Bertz CT molecular complexity index is 348. The molecule has 19 heavy (non-hydrogen) atoms. The maximum atomic E-state index is 12.6. The van der Waals surface area contributed by atoms with E-state index in [1.165, 1.54) is 0 Å². The summed E-state index contributed by atoms with van der Waals surface area (Å²) in [6.45, 7) is 4.18. The molecule has 0 aromatic rings. The molecule has 0 spiro atoms. The molecule has 2 rings (SSSR count). The minimum atomic E-state index is -0.887. The molecule has 2 heterocycles. The van der Waals surface area contributed by atoms with Crippen LogP contribution < -0.4 is 0 Å². The number of hydrogen-bond acceptors (Lipinski definition) is 3. The zero-order valence-electron chi connectivity index (χ0n) is 11.4. The number of carbonyl (C=O) groups excluding carboxylic acids is 1. The van der Waals surface area contributed by atoms with Crippen LogP contribution >= 0.6 is 0 Å². The van der Waals surface area contributed by atoms with Crippen LogP contribution in [0.25, 0.3) is 0 Å². The molecule has 0 aromatic carbocycles. The highest BCUT2D eigenvalue weighted by atomic mass is 16.5. The van der Waals surface area contributed by atoms with E-state index in [-0.39, 0.29) is 18.5 Å². The summed E-state index contributed by atoms with van der Waals surface area (Å²) in [4.78, 5) is 27.0. The standard InChI is InChI=1S/C13H22N2O4/c1-2-10-4-3-5-14(10)13(18)15-6-7-19-9-11(15)8-12(16)17/h10-11H,2-9H2,1H3,(H,16,17). The summed E-state index contributed by atoms with van der Waals surface area (Å²) < 4.78 is 5.30. The predicted molar refractivity (Wildman–Crippen MR) is 69.0 cm³/mol. The summed E-state index contributed by atoms with van der Waals surface area (Å²) in [7, 11) is 0. The number of amides is 2. The molecule has 2 unspecified atom stereocenters. The lowest BCUT2D eigenvalue weighted by Gasteiger charge is -2.38. The second-order valence-corrected chi connectivity index (χ2v) is 5.20. The average molecular weight is 270 g/mol. The molecule has 6 heteroatoms. The minimum absolute atomic E-state index is 0.0149. The van der Waals surface area contributed by atoms with Gasteiger partial charge >= 0.3 is 12.0 Å². The van der Waals surface area contributed by atoms with Crippen molar-refractivity contribution in [3.63, 3.8) is 0 Å². The van der Waals surface area contributed by atoms with Crippen LogP contribution in [0, 0.1) is 0 Å². The van der Waals surface area contributed by atoms with E-state index in [9.17, 15) is 9.59 Å². The number of likely N-dealkylation sites (tertiary alicyclic amines) is 1. The molecule has 0 bridgehead atoms. The third kappa shape index (κ3) is 3.18. The normalized spacial score (nSPS) is 27.6. The van der Waals surface area contributed by atoms with E-state index in [4.69, 9.17) is 9.84 Å². The van der Waals surface area contributed by atoms with Crippen molar-refractivity contribution in [3.05, 3.63) is 0 Å². The van der Waals surface area contributed by atoms with Gasteiger partial charge in [-0.2, -0.15) is 0 Å². The molecule has 2 fully saturated rings. The van der Waals surface area contributed by atoms with E-state index < -0.39 is 5.97 Å². The van der Waals surface area contributed by atoms with Gasteiger partial charge in [0, 0.05) is 19.1 Å². The van der Waals surface area contributed by atoms with Gasteiger partial charge in [0.25, 0.3) is 0 Å². The average Bonchev–Trinajstić information content (AvgIpc) is 2.86. The van der Waals surface area contributed by atoms with Gasteiger partial charge in [0.05, 0.1) is 25.7 Å². The zero-order valence-corrected chi connectivity index (χ0v) is 11.4. The Morgan fingerprint density at radius 3 is 2.68 bits per heavy atom. The lowest BCUT2D eigenvalue weighted by Crippen LogP contribution is -2.55. The van der Waals surface area contributed by atoms with Crippen LogP contribution in [-0.2, 0) is 9.53 Å². The Balaban J connectivity index is 2.04. The molecular weight excluding hydrogens is 248 g/mol. The van der Waals surface area contributed by atoms with Crippen LogP contribution in [0.4, 0.5) is 4.79 Å². The van der Waals surface area contributed by atoms with Crippen molar-refractivity contribution in [2.75, 3.05) is 26.3 Å². The third-order valence-electron chi connectivity index (χ3n) is 3.98.